The molecule has 0 unspecified atom stereocenters. The van der Waals surface area contributed by atoms with E-state index in [4.69, 9.17) is 5.11 Å². The maximum atomic E-state index is 11.5. The number of aliphatic carboxylic acids is 1. The molecule has 0 saturated heterocycles. The van der Waals surface area contributed by atoms with Crippen molar-refractivity contribution in [2.24, 2.45) is 0 Å². The fourth-order valence-corrected chi connectivity index (χ4v) is 1.71. The van der Waals surface area contributed by atoms with Crippen molar-refractivity contribution < 1.29 is 14.7 Å². The molecule has 0 fully saturated rings. The number of benzene rings is 1. The Morgan fingerprint density at radius 3 is 2.65 bits per heavy atom. The van der Waals surface area contributed by atoms with Crippen LogP contribution in [0, 0.1) is 6.92 Å². The molecule has 0 aliphatic carbocycles. The van der Waals surface area contributed by atoms with E-state index in [1.54, 1.807) is 0 Å². The van der Waals surface area contributed by atoms with Gasteiger partial charge in [0, 0.05) is 4.47 Å². The quantitative estimate of drug-likeness (QED) is 0.892. The van der Waals surface area contributed by atoms with Crippen LogP contribution in [-0.4, -0.2) is 23.0 Å². The molecule has 0 spiro atoms. The molecule has 1 aromatic rings. The second kappa shape index (κ2) is 5.82. The van der Waals surface area contributed by atoms with Gasteiger partial charge in [-0.05, 0) is 31.0 Å². The van der Waals surface area contributed by atoms with Crippen molar-refractivity contribution in [1.29, 1.82) is 0 Å². The Bertz CT molecular complexity index is 445. The lowest BCUT2D eigenvalue weighted by molar-refractivity contribution is -0.141. The minimum Gasteiger partial charge on any atom is -0.480 e. The van der Waals surface area contributed by atoms with Gasteiger partial charge in [0.2, 0.25) is 5.91 Å². The molecule has 17 heavy (non-hydrogen) atoms. The maximum Gasteiger partial charge on any atom is 0.325 e. The van der Waals surface area contributed by atoms with Crippen LogP contribution in [0.15, 0.2) is 22.7 Å². The molecule has 0 bridgehead atoms. The molecule has 0 aliphatic heterocycles. The lowest BCUT2D eigenvalue weighted by atomic mass is 10.1. The fraction of sp³-hybridized carbons (Fsp3) is 0.333. The average molecular weight is 300 g/mol. The predicted molar refractivity (Wildman–Crippen MR) is 67.8 cm³/mol. The number of carboxylic acid groups (broad SMARTS) is 1. The number of carbonyl (C=O) groups is 2. The van der Waals surface area contributed by atoms with E-state index in [1.165, 1.54) is 6.92 Å². The van der Waals surface area contributed by atoms with Crippen molar-refractivity contribution in [1.82, 2.24) is 5.32 Å². The number of carbonyl (C=O) groups excluding carboxylic acids is 1. The first-order valence-corrected chi connectivity index (χ1v) is 5.96. The van der Waals surface area contributed by atoms with Gasteiger partial charge in [-0.25, -0.2) is 0 Å². The average Bonchev–Trinajstić information content (AvgIpc) is 2.23. The van der Waals surface area contributed by atoms with Gasteiger partial charge in [0.25, 0.3) is 0 Å². The van der Waals surface area contributed by atoms with Crippen LogP contribution < -0.4 is 5.32 Å². The number of carboxylic acids is 1. The summed E-state index contributed by atoms with van der Waals surface area (Å²) in [6.07, 6.45) is 0.177. The number of nitrogens with one attached hydrogen (secondary N) is 1. The zero-order valence-electron chi connectivity index (χ0n) is 9.66. The van der Waals surface area contributed by atoms with Crippen molar-refractivity contribution in [2.75, 3.05) is 0 Å². The van der Waals surface area contributed by atoms with E-state index >= 15 is 0 Å². The van der Waals surface area contributed by atoms with Crippen molar-refractivity contribution >= 4 is 27.8 Å². The Morgan fingerprint density at radius 2 is 2.12 bits per heavy atom. The minimum absolute atomic E-state index is 0.177. The molecule has 0 aliphatic rings. The number of rotatable bonds is 4. The third kappa shape index (κ3) is 4.19. The van der Waals surface area contributed by atoms with Gasteiger partial charge in [-0.1, -0.05) is 28.1 Å². The van der Waals surface area contributed by atoms with Gasteiger partial charge < -0.3 is 10.4 Å². The van der Waals surface area contributed by atoms with E-state index in [1.807, 2.05) is 25.1 Å². The van der Waals surface area contributed by atoms with E-state index in [0.29, 0.717) is 0 Å². The Hall–Kier alpha value is -1.36. The highest BCUT2D eigenvalue weighted by Crippen LogP contribution is 2.17. The Labute approximate surface area is 108 Å². The number of aryl methyl sites for hydroxylation is 1. The van der Waals surface area contributed by atoms with E-state index in [9.17, 15) is 9.59 Å². The van der Waals surface area contributed by atoms with Crippen LogP contribution in [0.2, 0.25) is 0 Å². The number of hydrogen-bond acceptors (Lipinski definition) is 2. The number of hydrogen-bond donors (Lipinski definition) is 2. The summed E-state index contributed by atoms with van der Waals surface area (Å²) in [7, 11) is 0. The number of amides is 1. The summed E-state index contributed by atoms with van der Waals surface area (Å²) in [5.41, 5.74) is 1.94. The Kier molecular flexibility index (Phi) is 4.69. The second-order valence-electron chi connectivity index (χ2n) is 3.89. The van der Waals surface area contributed by atoms with E-state index in [0.717, 1.165) is 15.6 Å². The van der Waals surface area contributed by atoms with Crippen LogP contribution in [0.4, 0.5) is 0 Å². The summed E-state index contributed by atoms with van der Waals surface area (Å²) in [4.78, 5) is 22.1. The summed E-state index contributed by atoms with van der Waals surface area (Å²) in [6.45, 7) is 3.39. The van der Waals surface area contributed by atoms with E-state index in [2.05, 4.69) is 21.2 Å². The standard InChI is InChI=1S/C12H14BrNO3/c1-7-3-4-9(5-10(7)13)6-11(15)14-8(2)12(16)17/h3-5,8H,6H2,1-2H3,(H,14,15)(H,16,17)/t8-/m0/s1. The molecule has 92 valence electrons. The van der Waals surface area contributed by atoms with Crippen molar-refractivity contribution in [3.63, 3.8) is 0 Å². The highest BCUT2D eigenvalue weighted by atomic mass is 79.9. The number of halogens is 1. The van der Waals surface area contributed by atoms with Gasteiger partial charge in [-0.3, -0.25) is 9.59 Å². The van der Waals surface area contributed by atoms with Crippen molar-refractivity contribution in [3.8, 4) is 0 Å². The van der Waals surface area contributed by atoms with Gasteiger partial charge in [0.15, 0.2) is 0 Å². The molecule has 1 aromatic carbocycles. The van der Waals surface area contributed by atoms with Gasteiger partial charge in [0.1, 0.15) is 6.04 Å². The summed E-state index contributed by atoms with van der Waals surface area (Å²) < 4.78 is 0.939. The minimum atomic E-state index is -1.04. The van der Waals surface area contributed by atoms with Crippen LogP contribution in [0.1, 0.15) is 18.1 Å². The first-order chi connectivity index (χ1) is 7.90. The molecule has 0 radical (unpaired) electrons. The third-order valence-corrected chi connectivity index (χ3v) is 3.20. The second-order valence-corrected chi connectivity index (χ2v) is 4.74. The van der Waals surface area contributed by atoms with Crippen LogP contribution in [-0.2, 0) is 16.0 Å². The SMILES string of the molecule is Cc1ccc(CC(=O)N[C@@H](C)C(=O)O)cc1Br. The zero-order valence-corrected chi connectivity index (χ0v) is 11.2. The van der Waals surface area contributed by atoms with Crippen LogP contribution >= 0.6 is 15.9 Å². The smallest absolute Gasteiger partial charge is 0.325 e. The summed E-state index contributed by atoms with van der Waals surface area (Å²) >= 11 is 3.38. The summed E-state index contributed by atoms with van der Waals surface area (Å²) in [5.74, 6) is -1.33. The molecule has 0 heterocycles. The lowest BCUT2D eigenvalue weighted by Crippen LogP contribution is -2.39. The van der Waals surface area contributed by atoms with Gasteiger partial charge >= 0.3 is 5.97 Å². The molecule has 4 nitrogen and oxygen atoms in total. The highest BCUT2D eigenvalue weighted by Gasteiger charge is 2.14. The zero-order chi connectivity index (χ0) is 13.0. The highest BCUT2D eigenvalue weighted by molar-refractivity contribution is 9.10. The monoisotopic (exact) mass is 299 g/mol. The third-order valence-electron chi connectivity index (χ3n) is 2.35. The van der Waals surface area contributed by atoms with E-state index in [-0.39, 0.29) is 12.3 Å². The van der Waals surface area contributed by atoms with Gasteiger partial charge in [-0.2, -0.15) is 0 Å². The summed E-state index contributed by atoms with van der Waals surface area (Å²) in [6, 6.07) is 4.76. The molecule has 2 N–H and O–H groups in total. The predicted octanol–water partition coefficient (Wildman–Crippen LogP) is 1.89. The Morgan fingerprint density at radius 1 is 1.47 bits per heavy atom. The lowest BCUT2D eigenvalue weighted by Gasteiger charge is -2.09. The van der Waals surface area contributed by atoms with E-state index < -0.39 is 12.0 Å². The molecule has 1 rings (SSSR count). The first kappa shape index (κ1) is 13.7. The van der Waals surface area contributed by atoms with Crippen molar-refractivity contribution in [2.45, 2.75) is 26.3 Å². The van der Waals surface area contributed by atoms with Gasteiger partial charge in [-0.15, -0.1) is 0 Å². The fourth-order valence-electron chi connectivity index (χ4n) is 1.29. The summed E-state index contributed by atoms with van der Waals surface area (Å²) in [5, 5.41) is 11.1. The topological polar surface area (TPSA) is 66.4 Å². The normalized spacial score (nSPS) is 11.9. The maximum absolute atomic E-state index is 11.5. The molecule has 0 saturated carbocycles. The van der Waals surface area contributed by atoms with Crippen LogP contribution in [0.5, 0.6) is 0 Å². The molecule has 5 heteroatoms. The van der Waals surface area contributed by atoms with Crippen LogP contribution in [0.3, 0.4) is 0 Å². The molecule has 0 aromatic heterocycles. The van der Waals surface area contributed by atoms with Gasteiger partial charge in [0.05, 0.1) is 6.42 Å². The largest absolute Gasteiger partial charge is 0.480 e. The molecule has 1 amide bonds. The van der Waals surface area contributed by atoms with Crippen LogP contribution in [0.25, 0.3) is 0 Å². The molecule has 1 atom stereocenters. The molecular weight excluding hydrogens is 286 g/mol. The van der Waals surface area contributed by atoms with Crippen molar-refractivity contribution in [3.05, 3.63) is 33.8 Å². The molecular formula is C12H14BrNO3. The first-order valence-electron chi connectivity index (χ1n) is 5.17. The Balaban J connectivity index is 2.62.